The maximum atomic E-state index is 5.66. The van der Waals surface area contributed by atoms with Crippen LogP contribution in [0.5, 0.6) is 5.75 Å². The number of halogens is 1. The van der Waals surface area contributed by atoms with Gasteiger partial charge in [-0.05, 0) is 36.4 Å². The molecule has 94 valence electrons. The predicted octanol–water partition coefficient (Wildman–Crippen LogP) is 2.92. The van der Waals surface area contributed by atoms with Crippen molar-refractivity contribution in [2.24, 2.45) is 5.73 Å². The van der Waals surface area contributed by atoms with Gasteiger partial charge >= 0.3 is 0 Å². The van der Waals surface area contributed by atoms with E-state index in [1.807, 2.05) is 36.4 Å². The molecule has 0 atom stereocenters. The first kappa shape index (κ1) is 13.1. The van der Waals surface area contributed by atoms with E-state index in [1.165, 1.54) is 0 Å². The fourth-order valence-electron chi connectivity index (χ4n) is 1.54. The maximum Gasteiger partial charge on any atom is 0.138 e. The largest absolute Gasteiger partial charge is 0.487 e. The van der Waals surface area contributed by atoms with Gasteiger partial charge in [-0.25, -0.2) is 0 Å². The van der Waals surface area contributed by atoms with Gasteiger partial charge in [0.15, 0.2) is 0 Å². The lowest BCUT2D eigenvalue weighted by molar-refractivity contribution is 0.305. The van der Waals surface area contributed by atoms with E-state index in [0.29, 0.717) is 13.2 Å². The summed E-state index contributed by atoms with van der Waals surface area (Å²) in [6.07, 6.45) is 2.54. The zero-order valence-corrected chi connectivity index (χ0v) is 11.6. The number of nitrogens with two attached hydrogens (primary N) is 1. The quantitative estimate of drug-likeness (QED) is 0.924. The van der Waals surface area contributed by atoms with Crippen molar-refractivity contribution >= 4 is 15.9 Å². The van der Waals surface area contributed by atoms with Crippen LogP contribution in [0.3, 0.4) is 0 Å². The van der Waals surface area contributed by atoms with Crippen LogP contribution in [0.25, 0.3) is 0 Å². The van der Waals surface area contributed by atoms with E-state index < -0.39 is 0 Å². The van der Waals surface area contributed by atoms with Crippen molar-refractivity contribution in [3.05, 3.63) is 58.3 Å². The lowest BCUT2D eigenvalue weighted by Gasteiger charge is -2.06. The molecule has 0 aliphatic rings. The van der Waals surface area contributed by atoms with Gasteiger partial charge in [0.25, 0.3) is 0 Å². The van der Waals surface area contributed by atoms with Gasteiger partial charge in [0.1, 0.15) is 12.4 Å². The summed E-state index contributed by atoms with van der Waals surface area (Å²) in [6, 6.07) is 11.9. The molecule has 1 heterocycles. The molecule has 1 aromatic heterocycles. The highest BCUT2D eigenvalue weighted by Gasteiger charge is 1.98. The van der Waals surface area contributed by atoms with Gasteiger partial charge in [-0.1, -0.05) is 28.1 Å². The van der Waals surface area contributed by atoms with Gasteiger partial charge in [-0.2, -0.15) is 0 Å². The topological polar surface area (TPSA) is 48.1 Å². The molecule has 0 saturated carbocycles. The second kappa shape index (κ2) is 6.52. The monoisotopic (exact) mass is 306 g/mol. The molecule has 0 aliphatic carbocycles. The Morgan fingerprint density at radius 1 is 1.11 bits per heavy atom. The highest BCUT2D eigenvalue weighted by atomic mass is 79.9. The zero-order chi connectivity index (χ0) is 12.8. The zero-order valence-electron chi connectivity index (χ0n) is 9.97. The second-order valence-electron chi connectivity index (χ2n) is 3.94. The molecule has 0 bridgehead atoms. The van der Waals surface area contributed by atoms with E-state index >= 15 is 0 Å². The van der Waals surface area contributed by atoms with Gasteiger partial charge in [-0.3, -0.25) is 4.98 Å². The minimum atomic E-state index is 0.547. The van der Waals surface area contributed by atoms with Crippen molar-refractivity contribution in [1.82, 2.24) is 4.98 Å². The number of ether oxygens (including phenoxy) is 1. The molecule has 1 aromatic carbocycles. The summed E-state index contributed by atoms with van der Waals surface area (Å²) in [5, 5.41) is 0. The van der Waals surface area contributed by atoms with Crippen LogP contribution in [0.2, 0.25) is 0 Å². The van der Waals surface area contributed by atoms with Gasteiger partial charge in [0.2, 0.25) is 0 Å². The Bertz CT molecular complexity index is 482. The van der Waals surface area contributed by atoms with Crippen LogP contribution in [0.4, 0.5) is 0 Å². The molecule has 2 N–H and O–H groups in total. The van der Waals surface area contributed by atoms with E-state index in [4.69, 9.17) is 10.5 Å². The van der Waals surface area contributed by atoms with Crippen molar-refractivity contribution in [2.45, 2.75) is 13.0 Å². The minimum Gasteiger partial charge on any atom is -0.487 e. The first-order chi connectivity index (χ1) is 8.78. The van der Waals surface area contributed by atoms with E-state index in [1.54, 1.807) is 6.20 Å². The van der Waals surface area contributed by atoms with Crippen molar-refractivity contribution in [3.8, 4) is 5.75 Å². The van der Waals surface area contributed by atoms with Crippen molar-refractivity contribution in [3.63, 3.8) is 0 Å². The molecule has 2 aromatic rings. The van der Waals surface area contributed by atoms with Gasteiger partial charge in [0.05, 0.1) is 6.20 Å². The van der Waals surface area contributed by atoms with E-state index in [9.17, 15) is 0 Å². The van der Waals surface area contributed by atoms with Crippen molar-refractivity contribution in [2.75, 3.05) is 6.54 Å². The Kier molecular flexibility index (Phi) is 4.73. The van der Waals surface area contributed by atoms with Crippen LogP contribution in [0.15, 0.2) is 47.1 Å². The van der Waals surface area contributed by atoms with Crippen molar-refractivity contribution < 1.29 is 4.74 Å². The number of pyridine rings is 1. The van der Waals surface area contributed by atoms with Gasteiger partial charge in [0, 0.05) is 16.6 Å². The standard InChI is InChI=1S/C14H15BrN2O/c15-12-3-1-11(2-4-12)10-18-14-6-5-13(7-8-16)17-9-14/h1-6,9H,7-8,10,16H2. The first-order valence-electron chi connectivity index (χ1n) is 5.80. The molecule has 0 aliphatic heterocycles. The Morgan fingerprint density at radius 2 is 1.89 bits per heavy atom. The molecule has 3 nitrogen and oxygen atoms in total. The summed E-state index contributed by atoms with van der Waals surface area (Å²) in [6.45, 7) is 1.16. The summed E-state index contributed by atoms with van der Waals surface area (Å²) in [7, 11) is 0. The van der Waals surface area contributed by atoms with Crippen molar-refractivity contribution in [1.29, 1.82) is 0 Å². The Hall–Kier alpha value is -1.39. The third kappa shape index (κ3) is 3.82. The number of nitrogens with zero attached hydrogens (tertiary/aromatic N) is 1. The molecule has 0 saturated heterocycles. The lowest BCUT2D eigenvalue weighted by atomic mass is 10.2. The van der Waals surface area contributed by atoms with Gasteiger partial charge < -0.3 is 10.5 Å². The Balaban J connectivity index is 1.91. The van der Waals surface area contributed by atoms with E-state index in [0.717, 1.165) is 27.9 Å². The lowest BCUT2D eigenvalue weighted by Crippen LogP contribution is -2.04. The number of hydrogen-bond acceptors (Lipinski definition) is 3. The van der Waals surface area contributed by atoms with Crippen LogP contribution in [-0.4, -0.2) is 11.5 Å². The summed E-state index contributed by atoms with van der Waals surface area (Å²) >= 11 is 3.40. The first-order valence-corrected chi connectivity index (χ1v) is 6.59. The van der Waals surface area contributed by atoms with E-state index in [-0.39, 0.29) is 0 Å². The minimum absolute atomic E-state index is 0.547. The molecule has 0 radical (unpaired) electrons. The molecule has 2 rings (SSSR count). The maximum absolute atomic E-state index is 5.66. The summed E-state index contributed by atoms with van der Waals surface area (Å²) in [5.74, 6) is 0.777. The fraction of sp³-hybridized carbons (Fsp3) is 0.214. The predicted molar refractivity (Wildman–Crippen MR) is 75.5 cm³/mol. The Morgan fingerprint density at radius 3 is 2.50 bits per heavy atom. The number of aromatic nitrogens is 1. The molecule has 0 amide bonds. The Labute approximate surface area is 115 Å². The average molecular weight is 307 g/mol. The third-order valence-corrected chi connectivity index (χ3v) is 3.05. The number of benzene rings is 1. The highest BCUT2D eigenvalue weighted by molar-refractivity contribution is 9.10. The summed E-state index contributed by atoms with van der Waals surface area (Å²) in [4.78, 5) is 4.28. The van der Waals surface area contributed by atoms with Crippen LogP contribution in [0, 0.1) is 0 Å². The van der Waals surface area contributed by atoms with E-state index in [2.05, 4.69) is 20.9 Å². The molecular formula is C14H15BrN2O. The second-order valence-corrected chi connectivity index (χ2v) is 4.85. The average Bonchev–Trinajstić information content (AvgIpc) is 2.40. The number of rotatable bonds is 5. The van der Waals surface area contributed by atoms with Crippen LogP contribution in [-0.2, 0) is 13.0 Å². The molecular weight excluding hydrogens is 292 g/mol. The van der Waals surface area contributed by atoms with Crippen LogP contribution < -0.4 is 10.5 Å². The normalized spacial score (nSPS) is 10.3. The van der Waals surface area contributed by atoms with Crippen LogP contribution in [0.1, 0.15) is 11.3 Å². The summed E-state index contributed by atoms with van der Waals surface area (Å²) in [5.41, 5.74) is 7.59. The molecule has 4 heteroatoms. The fourth-order valence-corrected chi connectivity index (χ4v) is 1.80. The van der Waals surface area contributed by atoms with Crippen LogP contribution >= 0.6 is 15.9 Å². The smallest absolute Gasteiger partial charge is 0.138 e. The highest BCUT2D eigenvalue weighted by Crippen LogP contribution is 2.14. The molecule has 0 fully saturated rings. The SMILES string of the molecule is NCCc1ccc(OCc2ccc(Br)cc2)cn1. The molecule has 18 heavy (non-hydrogen) atoms. The third-order valence-electron chi connectivity index (χ3n) is 2.52. The molecule has 0 spiro atoms. The number of hydrogen-bond donors (Lipinski definition) is 1. The summed E-state index contributed by atoms with van der Waals surface area (Å²) < 4.78 is 6.72. The molecule has 0 unspecified atom stereocenters. The van der Waals surface area contributed by atoms with Gasteiger partial charge in [-0.15, -0.1) is 0 Å².